The number of rotatable bonds is 10. The molecule has 4 nitrogen and oxygen atoms in total. The number of carboxylic acids is 1. The number of hydrogen-bond donors (Lipinski definition) is 2. The van der Waals surface area contributed by atoms with E-state index in [4.69, 9.17) is 5.11 Å². The lowest BCUT2D eigenvalue weighted by Crippen LogP contribution is -2.15. The smallest absolute Gasteiger partial charge is 0.303 e. The molecule has 1 heterocycles. The minimum atomic E-state index is -0.780. The molecule has 0 amide bonds. The summed E-state index contributed by atoms with van der Waals surface area (Å²) in [7, 11) is 0. The Morgan fingerprint density at radius 3 is 2.83 bits per heavy atom. The Kier molecular flexibility index (Phi) is 7.40. The number of carbonyl (C=O) groups excluding carboxylic acids is 1. The van der Waals surface area contributed by atoms with Gasteiger partial charge in [-0.05, 0) is 55.5 Å². The fourth-order valence-corrected chi connectivity index (χ4v) is 5.16. The number of aliphatic carboxylic acids is 1. The number of ketones is 1. The third-order valence-electron chi connectivity index (χ3n) is 5.67. The second kappa shape index (κ2) is 9.99. The summed E-state index contributed by atoms with van der Waals surface area (Å²) in [5.74, 6) is -0.521. The molecule has 1 saturated carbocycles. The molecule has 29 heavy (non-hydrogen) atoms. The summed E-state index contributed by atoms with van der Waals surface area (Å²) in [6.07, 6.45) is 7.39. The molecule has 0 aliphatic heterocycles. The van der Waals surface area contributed by atoms with Crippen LogP contribution in [0.3, 0.4) is 0 Å². The van der Waals surface area contributed by atoms with Gasteiger partial charge < -0.3 is 10.2 Å². The Labute approximate surface area is 175 Å². The SMILES string of the molecule is C=C1CC(=O)[C@H](C/C=C\CCCC(=O)O)[C@H]1CC[C@@H](O)c1cc2ccccc2s1. The molecule has 1 fully saturated rings. The van der Waals surface area contributed by atoms with Crippen LogP contribution in [0.1, 0.15) is 55.9 Å². The van der Waals surface area contributed by atoms with Crippen LogP contribution in [0.4, 0.5) is 0 Å². The largest absolute Gasteiger partial charge is 0.481 e. The Morgan fingerprint density at radius 1 is 1.28 bits per heavy atom. The van der Waals surface area contributed by atoms with Gasteiger partial charge in [-0.1, -0.05) is 42.5 Å². The predicted octanol–water partition coefficient (Wildman–Crippen LogP) is 5.68. The van der Waals surface area contributed by atoms with Crippen LogP contribution >= 0.6 is 11.3 Å². The molecular formula is C24H28O4S. The van der Waals surface area contributed by atoms with Gasteiger partial charge in [0.2, 0.25) is 0 Å². The molecule has 1 aliphatic carbocycles. The first-order chi connectivity index (χ1) is 14.0. The van der Waals surface area contributed by atoms with Crippen molar-refractivity contribution in [2.45, 2.75) is 51.0 Å². The highest BCUT2D eigenvalue weighted by Crippen LogP contribution is 2.40. The normalized spacial score (nSPS) is 20.7. The number of aliphatic hydroxyl groups excluding tert-OH is 1. The molecule has 3 atom stereocenters. The molecule has 5 heteroatoms. The Balaban J connectivity index is 1.54. The van der Waals surface area contributed by atoms with Crippen molar-refractivity contribution in [2.75, 3.05) is 0 Å². The van der Waals surface area contributed by atoms with Crippen LogP contribution in [0, 0.1) is 11.8 Å². The van der Waals surface area contributed by atoms with E-state index >= 15 is 0 Å². The van der Waals surface area contributed by atoms with E-state index in [2.05, 4.69) is 24.8 Å². The van der Waals surface area contributed by atoms with E-state index in [0.717, 1.165) is 22.3 Å². The van der Waals surface area contributed by atoms with E-state index in [9.17, 15) is 14.7 Å². The second-order valence-electron chi connectivity index (χ2n) is 7.79. The first-order valence-electron chi connectivity index (χ1n) is 10.2. The third kappa shape index (κ3) is 5.64. The molecule has 0 radical (unpaired) electrons. The van der Waals surface area contributed by atoms with E-state index in [1.54, 1.807) is 11.3 Å². The lowest BCUT2D eigenvalue weighted by Gasteiger charge is -2.19. The molecule has 154 valence electrons. The number of thiophene rings is 1. The minimum absolute atomic E-state index is 0.0761. The lowest BCUT2D eigenvalue weighted by atomic mass is 9.86. The van der Waals surface area contributed by atoms with Crippen LogP contribution < -0.4 is 0 Å². The fourth-order valence-electron chi connectivity index (χ4n) is 4.07. The maximum Gasteiger partial charge on any atom is 0.303 e. The van der Waals surface area contributed by atoms with Gasteiger partial charge in [0.15, 0.2) is 0 Å². The number of fused-ring (bicyclic) bond motifs is 1. The van der Waals surface area contributed by atoms with Crippen molar-refractivity contribution in [3.05, 3.63) is 59.5 Å². The monoisotopic (exact) mass is 412 g/mol. The van der Waals surface area contributed by atoms with E-state index in [0.29, 0.717) is 32.1 Å². The van der Waals surface area contributed by atoms with Crippen LogP contribution in [0.25, 0.3) is 10.1 Å². The number of carboxylic acid groups (broad SMARTS) is 1. The third-order valence-corrected chi connectivity index (χ3v) is 6.88. The summed E-state index contributed by atoms with van der Waals surface area (Å²) < 4.78 is 1.17. The molecule has 0 bridgehead atoms. The molecule has 2 aromatic rings. The number of Topliss-reactive ketones (excluding diaryl/α,β-unsaturated/α-hetero) is 1. The highest BCUT2D eigenvalue weighted by Gasteiger charge is 2.36. The Hall–Kier alpha value is -2.24. The zero-order valence-corrected chi connectivity index (χ0v) is 17.4. The van der Waals surface area contributed by atoms with Gasteiger partial charge in [-0.25, -0.2) is 0 Å². The average Bonchev–Trinajstić information content (AvgIpc) is 3.23. The number of hydrogen-bond acceptors (Lipinski definition) is 4. The maximum atomic E-state index is 12.4. The van der Waals surface area contributed by atoms with Gasteiger partial charge in [-0.2, -0.15) is 0 Å². The molecule has 2 N–H and O–H groups in total. The highest BCUT2D eigenvalue weighted by atomic mass is 32.1. The molecule has 3 rings (SSSR count). The average molecular weight is 413 g/mol. The summed E-state index contributed by atoms with van der Waals surface area (Å²) in [4.78, 5) is 23.9. The van der Waals surface area contributed by atoms with Crippen LogP contribution in [0.2, 0.25) is 0 Å². The molecule has 0 saturated heterocycles. The number of carbonyl (C=O) groups is 2. The van der Waals surface area contributed by atoms with Gasteiger partial charge in [-0.3, -0.25) is 9.59 Å². The summed E-state index contributed by atoms with van der Waals surface area (Å²) in [5.41, 5.74) is 0.975. The van der Waals surface area contributed by atoms with Crippen molar-refractivity contribution >= 4 is 33.2 Å². The van der Waals surface area contributed by atoms with E-state index < -0.39 is 12.1 Å². The van der Waals surface area contributed by atoms with Crippen molar-refractivity contribution in [3.63, 3.8) is 0 Å². The molecule has 1 aromatic heterocycles. The number of benzene rings is 1. The van der Waals surface area contributed by atoms with Gasteiger partial charge in [0, 0.05) is 28.3 Å². The Bertz CT molecular complexity index is 877. The van der Waals surface area contributed by atoms with Crippen LogP contribution in [-0.4, -0.2) is 22.0 Å². The van der Waals surface area contributed by atoms with Crippen molar-refractivity contribution in [2.24, 2.45) is 11.8 Å². The van der Waals surface area contributed by atoms with Crippen molar-refractivity contribution in [1.82, 2.24) is 0 Å². The molecule has 1 aliphatic rings. The predicted molar refractivity (Wildman–Crippen MR) is 117 cm³/mol. The van der Waals surface area contributed by atoms with Gasteiger partial charge >= 0.3 is 5.97 Å². The van der Waals surface area contributed by atoms with Gasteiger partial charge in [0.25, 0.3) is 0 Å². The van der Waals surface area contributed by atoms with Crippen molar-refractivity contribution in [1.29, 1.82) is 0 Å². The van der Waals surface area contributed by atoms with E-state index in [1.807, 2.05) is 24.3 Å². The summed E-state index contributed by atoms with van der Waals surface area (Å²) in [6, 6.07) is 10.2. The summed E-state index contributed by atoms with van der Waals surface area (Å²) in [6.45, 7) is 4.11. The van der Waals surface area contributed by atoms with Crippen LogP contribution in [0.15, 0.2) is 54.6 Å². The fraction of sp³-hybridized carbons (Fsp3) is 0.417. The molecule has 0 spiro atoms. The topological polar surface area (TPSA) is 74.6 Å². The molecule has 0 unspecified atom stereocenters. The van der Waals surface area contributed by atoms with Gasteiger partial charge in [0.05, 0.1) is 6.10 Å². The Morgan fingerprint density at radius 2 is 2.07 bits per heavy atom. The first kappa shape index (κ1) is 21.5. The summed E-state index contributed by atoms with van der Waals surface area (Å²) >= 11 is 1.62. The van der Waals surface area contributed by atoms with Crippen LogP contribution in [-0.2, 0) is 9.59 Å². The molecular weight excluding hydrogens is 384 g/mol. The first-order valence-corrected chi connectivity index (χ1v) is 11.0. The quantitative estimate of drug-likeness (QED) is 0.389. The zero-order valence-electron chi connectivity index (χ0n) is 16.5. The maximum absolute atomic E-state index is 12.4. The van der Waals surface area contributed by atoms with Gasteiger partial charge in [-0.15, -0.1) is 11.3 Å². The second-order valence-corrected chi connectivity index (χ2v) is 8.90. The van der Waals surface area contributed by atoms with E-state index in [1.165, 1.54) is 4.70 Å². The minimum Gasteiger partial charge on any atom is -0.481 e. The number of aliphatic hydroxyl groups is 1. The van der Waals surface area contributed by atoms with E-state index in [-0.39, 0.29) is 24.0 Å². The van der Waals surface area contributed by atoms with Crippen molar-refractivity contribution < 1.29 is 19.8 Å². The number of allylic oxidation sites excluding steroid dienone is 3. The van der Waals surface area contributed by atoms with Crippen LogP contribution in [0.5, 0.6) is 0 Å². The number of unbranched alkanes of at least 4 members (excludes halogenated alkanes) is 1. The van der Waals surface area contributed by atoms with Crippen molar-refractivity contribution in [3.8, 4) is 0 Å². The zero-order chi connectivity index (χ0) is 20.8. The summed E-state index contributed by atoms with van der Waals surface area (Å²) in [5, 5.41) is 20.5. The standard InChI is InChI=1S/C24H28O4S/c1-16-14-21(26)19(9-4-2-3-5-11-24(27)28)18(16)12-13-20(25)23-15-17-8-6-7-10-22(17)29-23/h2,4,6-8,10,15,18-20,25H,1,3,5,9,11-14H2,(H,27,28)/b4-2-/t18-,19+,20+/m0/s1. The molecule has 1 aromatic carbocycles. The highest BCUT2D eigenvalue weighted by molar-refractivity contribution is 7.19. The lowest BCUT2D eigenvalue weighted by molar-refractivity contribution is -0.137. The van der Waals surface area contributed by atoms with Gasteiger partial charge in [0.1, 0.15) is 5.78 Å².